The van der Waals surface area contributed by atoms with Crippen LogP contribution in [-0.2, 0) is 7.05 Å². The Bertz CT molecular complexity index is 479. The van der Waals surface area contributed by atoms with Gasteiger partial charge >= 0.3 is 0 Å². The second-order valence-electron chi connectivity index (χ2n) is 3.27. The van der Waals surface area contributed by atoms with Gasteiger partial charge in [-0.25, -0.2) is 4.98 Å². The van der Waals surface area contributed by atoms with Gasteiger partial charge in [-0.1, -0.05) is 11.6 Å². The van der Waals surface area contributed by atoms with Crippen LogP contribution < -0.4 is 4.74 Å². The van der Waals surface area contributed by atoms with E-state index in [0.29, 0.717) is 5.02 Å². The Morgan fingerprint density at radius 3 is 2.80 bits per heavy atom. The summed E-state index contributed by atoms with van der Waals surface area (Å²) in [6.07, 6.45) is 3.67. The van der Waals surface area contributed by atoms with Crippen molar-refractivity contribution in [1.29, 1.82) is 0 Å². The summed E-state index contributed by atoms with van der Waals surface area (Å²) in [5, 5.41) is 0.677. The molecule has 0 saturated carbocycles. The minimum atomic E-state index is 0.677. The fraction of sp³-hybridized carbons (Fsp3) is 0.182. The monoisotopic (exact) mass is 222 g/mol. The van der Waals surface area contributed by atoms with E-state index in [1.54, 1.807) is 19.5 Å². The second-order valence-corrected chi connectivity index (χ2v) is 3.71. The van der Waals surface area contributed by atoms with E-state index in [0.717, 1.165) is 17.0 Å². The van der Waals surface area contributed by atoms with E-state index in [4.69, 9.17) is 16.3 Å². The number of rotatable bonds is 2. The fourth-order valence-corrected chi connectivity index (χ4v) is 1.60. The van der Waals surface area contributed by atoms with Crippen LogP contribution in [0, 0.1) is 0 Å². The van der Waals surface area contributed by atoms with Gasteiger partial charge in [0.2, 0.25) is 0 Å². The van der Waals surface area contributed by atoms with Crippen LogP contribution in [0.1, 0.15) is 0 Å². The maximum Gasteiger partial charge on any atom is 0.128 e. The Morgan fingerprint density at radius 2 is 2.20 bits per heavy atom. The molecular weight excluding hydrogens is 212 g/mol. The lowest BCUT2D eigenvalue weighted by molar-refractivity contribution is 0.416. The highest BCUT2D eigenvalue weighted by Gasteiger charge is 2.08. The third-order valence-corrected chi connectivity index (χ3v) is 2.38. The quantitative estimate of drug-likeness (QED) is 0.781. The number of aryl methyl sites for hydroxylation is 1. The van der Waals surface area contributed by atoms with Crippen LogP contribution in [0.25, 0.3) is 11.3 Å². The number of aromatic nitrogens is 2. The second kappa shape index (κ2) is 3.95. The van der Waals surface area contributed by atoms with E-state index in [2.05, 4.69) is 4.98 Å². The van der Waals surface area contributed by atoms with Gasteiger partial charge < -0.3 is 9.30 Å². The molecule has 0 radical (unpaired) electrons. The van der Waals surface area contributed by atoms with Gasteiger partial charge in [-0.15, -0.1) is 0 Å². The molecule has 1 aromatic carbocycles. The van der Waals surface area contributed by atoms with Crippen molar-refractivity contribution >= 4 is 11.6 Å². The molecule has 4 heteroatoms. The first-order valence-electron chi connectivity index (χ1n) is 4.52. The molecule has 2 rings (SSSR count). The lowest BCUT2D eigenvalue weighted by Gasteiger charge is -2.06. The number of hydrogen-bond acceptors (Lipinski definition) is 2. The van der Waals surface area contributed by atoms with Crippen LogP contribution in [0.15, 0.2) is 30.7 Å². The molecule has 0 aliphatic heterocycles. The van der Waals surface area contributed by atoms with Gasteiger partial charge in [-0.05, 0) is 18.2 Å². The Labute approximate surface area is 93.3 Å². The van der Waals surface area contributed by atoms with Crippen LogP contribution in [0.2, 0.25) is 5.02 Å². The standard InChI is InChI=1S/C11H11ClN2O/c1-14-6-10(13-7-14)9-5-8(12)3-4-11(9)15-2/h3-7H,1-2H3. The van der Waals surface area contributed by atoms with Gasteiger partial charge in [0.15, 0.2) is 0 Å². The van der Waals surface area contributed by atoms with Crippen molar-refractivity contribution in [2.24, 2.45) is 7.05 Å². The summed E-state index contributed by atoms with van der Waals surface area (Å²) in [6.45, 7) is 0. The lowest BCUT2D eigenvalue weighted by atomic mass is 10.1. The van der Waals surface area contributed by atoms with Gasteiger partial charge in [0, 0.05) is 23.8 Å². The van der Waals surface area contributed by atoms with E-state index in [1.165, 1.54) is 0 Å². The third kappa shape index (κ3) is 1.97. The number of ether oxygens (including phenoxy) is 1. The molecule has 0 saturated heterocycles. The van der Waals surface area contributed by atoms with Crippen molar-refractivity contribution < 1.29 is 4.74 Å². The molecule has 1 aromatic heterocycles. The number of benzene rings is 1. The number of halogens is 1. The molecule has 0 atom stereocenters. The highest BCUT2D eigenvalue weighted by molar-refractivity contribution is 6.30. The zero-order valence-corrected chi connectivity index (χ0v) is 9.32. The normalized spacial score (nSPS) is 10.3. The smallest absolute Gasteiger partial charge is 0.128 e. The highest BCUT2D eigenvalue weighted by Crippen LogP contribution is 2.30. The number of nitrogens with zero attached hydrogens (tertiary/aromatic N) is 2. The van der Waals surface area contributed by atoms with Crippen LogP contribution >= 0.6 is 11.6 Å². The summed E-state index contributed by atoms with van der Waals surface area (Å²) < 4.78 is 7.14. The minimum absolute atomic E-state index is 0.677. The minimum Gasteiger partial charge on any atom is -0.496 e. The zero-order chi connectivity index (χ0) is 10.8. The molecule has 15 heavy (non-hydrogen) atoms. The van der Waals surface area contributed by atoms with E-state index in [-0.39, 0.29) is 0 Å². The molecule has 0 bridgehead atoms. The first-order valence-corrected chi connectivity index (χ1v) is 4.90. The Morgan fingerprint density at radius 1 is 1.40 bits per heavy atom. The first kappa shape index (κ1) is 10.1. The first-order chi connectivity index (χ1) is 7.20. The Hall–Kier alpha value is -1.48. The largest absolute Gasteiger partial charge is 0.496 e. The molecule has 0 amide bonds. The van der Waals surface area contributed by atoms with Crippen molar-refractivity contribution in [2.45, 2.75) is 0 Å². The van der Waals surface area contributed by atoms with E-state index < -0.39 is 0 Å². The third-order valence-electron chi connectivity index (χ3n) is 2.14. The fourth-order valence-electron chi connectivity index (χ4n) is 1.43. The van der Waals surface area contributed by atoms with Crippen molar-refractivity contribution in [1.82, 2.24) is 9.55 Å². The van der Waals surface area contributed by atoms with Gasteiger partial charge in [0.25, 0.3) is 0 Å². The average molecular weight is 223 g/mol. The number of methoxy groups -OCH3 is 1. The highest BCUT2D eigenvalue weighted by atomic mass is 35.5. The topological polar surface area (TPSA) is 27.1 Å². The number of hydrogen-bond donors (Lipinski definition) is 0. The maximum atomic E-state index is 5.94. The van der Waals surface area contributed by atoms with E-state index in [9.17, 15) is 0 Å². The summed E-state index contributed by atoms with van der Waals surface area (Å²) in [6, 6.07) is 5.49. The molecule has 0 aliphatic carbocycles. The molecule has 1 heterocycles. The van der Waals surface area contributed by atoms with E-state index in [1.807, 2.05) is 29.9 Å². The zero-order valence-electron chi connectivity index (χ0n) is 8.57. The summed E-state index contributed by atoms with van der Waals surface area (Å²) in [5.74, 6) is 0.776. The van der Waals surface area contributed by atoms with Crippen LogP contribution in [0.4, 0.5) is 0 Å². The molecule has 3 nitrogen and oxygen atoms in total. The summed E-state index contributed by atoms with van der Waals surface area (Å²) in [5.41, 5.74) is 1.77. The number of imidazole rings is 1. The average Bonchev–Trinajstić information content (AvgIpc) is 2.65. The van der Waals surface area contributed by atoms with Gasteiger partial charge in [-0.3, -0.25) is 0 Å². The molecular formula is C11H11ClN2O. The van der Waals surface area contributed by atoms with Crippen molar-refractivity contribution in [3.05, 3.63) is 35.7 Å². The predicted molar refractivity (Wildman–Crippen MR) is 60.2 cm³/mol. The lowest BCUT2D eigenvalue weighted by Crippen LogP contribution is -1.87. The van der Waals surface area contributed by atoms with Gasteiger partial charge in [0.1, 0.15) is 5.75 Å². The van der Waals surface area contributed by atoms with Crippen molar-refractivity contribution in [3.8, 4) is 17.0 Å². The molecule has 2 aromatic rings. The van der Waals surface area contributed by atoms with Crippen LogP contribution in [-0.4, -0.2) is 16.7 Å². The molecule has 0 N–H and O–H groups in total. The van der Waals surface area contributed by atoms with Crippen LogP contribution in [0.5, 0.6) is 5.75 Å². The molecule has 0 fully saturated rings. The summed E-state index contributed by atoms with van der Waals surface area (Å²) >= 11 is 5.94. The van der Waals surface area contributed by atoms with Crippen LogP contribution in [0.3, 0.4) is 0 Å². The van der Waals surface area contributed by atoms with Gasteiger partial charge in [0.05, 0.1) is 19.1 Å². The Kier molecular flexibility index (Phi) is 2.64. The summed E-state index contributed by atoms with van der Waals surface area (Å²) in [4.78, 5) is 4.26. The van der Waals surface area contributed by atoms with E-state index >= 15 is 0 Å². The molecule has 0 aliphatic rings. The molecule has 0 spiro atoms. The van der Waals surface area contributed by atoms with Crippen molar-refractivity contribution in [2.75, 3.05) is 7.11 Å². The SMILES string of the molecule is COc1ccc(Cl)cc1-c1cn(C)cn1. The maximum absolute atomic E-state index is 5.94. The molecule has 0 unspecified atom stereocenters. The summed E-state index contributed by atoms with van der Waals surface area (Å²) in [7, 11) is 3.56. The van der Waals surface area contributed by atoms with Gasteiger partial charge in [-0.2, -0.15) is 0 Å². The molecule has 78 valence electrons. The predicted octanol–water partition coefficient (Wildman–Crippen LogP) is 2.75. The van der Waals surface area contributed by atoms with Crippen molar-refractivity contribution in [3.63, 3.8) is 0 Å². The Balaban J connectivity index is 2.55.